The van der Waals surface area contributed by atoms with E-state index in [2.05, 4.69) is 10.5 Å². The molecular weight excluding hydrogens is 782 g/mol. The van der Waals surface area contributed by atoms with Gasteiger partial charge in [-0.25, -0.2) is 0 Å². The number of oxime groups is 1. The Labute approximate surface area is 358 Å². The number of esters is 1. The predicted octanol–water partition coefficient (Wildman–Crippen LogP) is 3.25. The van der Waals surface area contributed by atoms with E-state index in [1.165, 1.54) is 14.0 Å². The third-order valence-electron chi connectivity index (χ3n) is 13.5. The first-order valence-corrected chi connectivity index (χ1v) is 21.7. The Bertz CT molecular complexity index is 1410. The average Bonchev–Trinajstić information content (AvgIpc) is 3.19. The number of nitrogens with zero attached hydrogens (tertiary/aromatic N) is 2. The zero-order chi connectivity index (χ0) is 45.5. The van der Waals surface area contributed by atoms with Gasteiger partial charge in [0.1, 0.15) is 23.9 Å². The topological polar surface area (TPSA) is 217 Å². The molecule has 0 bridgehead atoms. The summed E-state index contributed by atoms with van der Waals surface area (Å²) in [5, 5.41) is 52.2. The number of ether oxygens (including phenoxy) is 8. The summed E-state index contributed by atoms with van der Waals surface area (Å²) in [4.78, 5) is 28.2. The number of aliphatic hydroxyl groups excluding tert-OH is 3. The number of nitrogens with one attached hydrogen (secondary N) is 1. The van der Waals surface area contributed by atoms with Gasteiger partial charge >= 0.3 is 5.97 Å². The number of aliphatic hydroxyl groups is 3. The van der Waals surface area contributed by atoms with E-state index >= 15 is 0 Å². The molecule has 60 heavy (non-hydrogen) atoms. The first-order valence-electron chi connectivity index (χ1n) is 21.7. The van der Waals surface area contributed by atoms with Crippen LogP contribution in [0, 0.1) is 23.7 Å². The highest BCUT2D eigenvalue weighted by Gasteiger charge is 2.54. The molecule has 0 spiro atoms. The van der Waals surface area contributed by atoms with Crippen LogP contribution in [0.5, 0.6) is 0 Å². The van der Waals surface area contributed by atoms with Crippen molar-refractivity contribution in [2.45, 2.75) is 193 Å². The van der Waals surface area contributed by atoms with E-state index in [-0.39, 0.29) is 49.6 Å². The fraction of sp³-hybridized carbons (Fsp3) is 0.930. The number of carbonyl (C=O) groups is 2. The molecule has 1 amide bonds. The van der Waals surface area contributed by atoms with Crippen molar-refractivity contribution < 1.29 is 68.0 Å². The average molecular weight is 862 g/mol. The monoisotopic (exact) mass is 862 g/mol. The van der Waals surface area contributed by atoms with Gasteiger partial charge in [-0.3, -0.25) is 9.59 Å². The van der Waals surface area contributed by atoms with Crippen LogP contribution >= 0.6 is 0 Å². The second-order valence-electron chi connectivity index (χ2n) is 18.4. The lowest BCUT2D eigenvalue weighted by Gasteiger charge is -2.50. The molecule has 3 aliphatic heterocycles. The minimum absolute atomic E-state index is 0.110. The van der Waals surface area contributed by atoms with Crippen molar-refractivity contribution in [3.8, 4) is 0 Å². The Kier molecular flexibility index (Phi) is 19.2. The van der Waals surface area contributed by atoms with Crippen LogP contribution in [-0.4, -0.2) is 169 Å². The van der Waals surface area contributed by atoms with Gasteiger partial charge in [0.15, 0.2) is 12.6 Å². The summed E-state index contributed by atoms with van der Waals surface area (Å²) in [7, 11) is 6.83. The first kappa shape index (κ1) is 52.3. The van der Waals surface area contributed by atoms with E-state index in [1.807, 2.05) is 53.6 Å². The van der Waals surface area contributed by atoms with Crippen molar-refractivity contribution in [1.29, 1.82) is 0 Å². The quantitative estimate of drug-likeness (QED) is 0.0778. The van der Waals surface area contributed by atoms with Gasteiger partial charge in [0.25, 0.3) is 0 Å². The SMILES string of the molecule is CC[C@H]1OC(=O)[C@H](C)[C@@H](O[C@H]2C[C@@](C)(OC)[C@@H](O)[C@H](C)O2)[C@H](C)[C@@H](O[C@@H]2O[C@H](C)C[C@H](N(C)C)[C@H]2O)[C@](C)(OC)C[C@@H](C)/C(=N\O)[C@H](C)[C@@H](O)[C@]1(C)OCCCNC(C)=O. The molecule has 3 heterocycles. The molecular formula is C43H79N3O14. The van der Waals surface area contributed by atoms with E-state index in [1.54, 1.807) is 41.7 Å². The molecule has 0 unspecified atom stereocenters. The van der Waals surface area contributed by atoms with Crippen LogP contribution in [0.25, 0.3) is 0 Å². The van der Waals surface area contributed by atoms with Crippen molar-refractivity contribution in [3.05, 3.63) is 0 Å². The summed E-state index contributed by atoms with van der Waals surface area (Å²) >= 11 is 0. The molecule has 17 nitrogen and oxygen atoms in total. The minimum Gasteiger partial charge on any atom is -0.459 e. The Morgan fingerprint density at radius 2 is 1.57 bits per heavy atom. The molecule has 0 aromatic rings. The normalized spacial score (nSPS) is 44.6. The second-order valence-corrected chi connectivity index (χ2v) is 18.4. The van der Waals surface area contributed by atoms with Crippen molar-refractivity contribution in [2.75, 3.05) is 41.5 Å². The van der Waals surface area contributed by atoms with E-state index in [0.29, 0.717) is 19.4 Å². The molecule has 17 heteroatoms. The summed E-state index contributed by atoms with van der Waals surface area (Å²) in [6.07, 6.45) is -7.83. The van der Waals surface area contributed by atoms with Gasteiger partial charge < -0.3 is 68.6 Å². The molecule has 350 valence electrons. The van der Waals surface area contributed by atoms with Crippen molar-refractivity contribution in [2.24, 2.45) is 28.8 Å². The fourth-order valence-electron chi connectivity index (χ4n) is 9.57. The number of carbonyl (C=O) groups excluding carboxylic acids is 2. The summed E-state index contributed by atoms with van der Waals surface area (Å²) in [6.45, 7) is 19.8. The Morgan fingerprint density at radius 1 is 0.933 bits per heavy atom. The van der Waals surface area contributed by atoms with Gasteiger partial charge in [0.05, 0.1) is 53.4 Å². The molecule has 0 aromatic heterocycles. The van der Waals surface area contributed by atoms with Crippen molar-refractivity contribution >= 4 is 17.6 Å². The lowest BCUT2D eigenvalue weighted by Crippen LogP contribution is -2.61. The number of amides is 1. The number of rotatable bonds is 13. The first-order chi connectivity index (χ1) is 27.9. The molecule has 0 aromatic carbocycles. The third kappa shape index (κ3) is 11.9. The molecule has 3 fully saturated rings. The van der Waals surface area contributed by atoms with E-state index in [0.717, 1.165) is 0 Å². The highest BCUT2D eigenvalue weighted by molar-refractivity contribution is 5.88. The van der Waals surface area contributed by atoms with Gasteiger partial charge in [-0.1, -0.05) is 32.9 Å². The van der Waals surface area contributed by atoms with Gasteiger partial charge in [-0.05, 0) is 81.3 Å². The number of methoxy groups -OCH3 is 2. The summed E-state index contributed by atoms with van der Waals surface area (Å²) in [5.74, 6) is -3.90. The van der Waals surface area contributed by atoms with Gasteiger partial charge in [0, 0.05) is 64.5 Å². The van der Waals surface area contributed by atoms with E-state index in [9.17, 15) is 30.1 Å². The summed E-state index contributed by atoms with van der Waals surface area (Å²) < 4.78 is 51.3. The summed E-state index contributed by atoms with van der Waals surface area (Å²) in [5.41, 5.74) is -3.54. The largest absolute Gasteiger partial charge is 0.459 e. The van der Waals surface area contributed by atoms with Crippen molar-refractivity contribution in [3.63, 3.8) is 0 Å². The third-order valence-corrected chi connectivity index (χ3v) is 13.5. The zero-order valence-electron chi connectivity index (χ0n) is 38.9. The smallest absolute Gasteiger partial charge is 0.311 e. The van der Waals surface area contributed by atoms with Crippen LogP contribution < -0.4 is 5.32 Å². The Balaban J connectivity index is 2.25. The molecule has 3 aliphatic rings. The molecule has 18 atom stereocenters. The van der Waals surface area contributed by atoms with Crippen LogP contribution in [-0.2, 0) is 47.5 Å². The molecule has 0 radical (unpaired) electrons. The maximum Gasteiger partial charge on any atom is 0.311 e. The van der Waals surface area contributed by atoms with Gasteiger partial charge in [-0.15, -0.1) is 0 Å². The van der Waals surface area contributed by atoms with Crippen LogP contribution in [0.4, 0.5) is 0 Å². The lowest BCUT2D eigenvalue weighted by molar-refractivity contribution is -0.319. The number of likely N-dealkylation sites (N-methyl/N-ethyl adjacent to an activating group) is 1. The Hall–Kier alpha value is -2.03. The zero-order valence-corrected chi connectivity index (χ0v) is 38.9. The van der Waals surface area contributed by atoms with Gasteiger partial charge in [-0.2, -0.15) is 0 Å². The lowest BCUT2D eigenvalue weighted by atomic mass is 9.73. The van der Waals surface area contributed by atoms with E-state index < -0.39 is 102 Å². The highest BCUT2D eigenvalue weighted by Crippen LogP contribution is 2.42. The molecule has 3 saturated heterocycles. The maximum absolute atomic E-state index is 14.7. The summed E-state index contributed by atoms with van der Waals surface area (Å²) in [6, 6.07) is -0.292. The van der Waals surface area contributed by atoms with Crippen LogP contribution in [0.15, 0.2) is 5.16 Å². The highest BCUT2D eigenvalue weighted by atomic mass is 16.7. The fourth-order valence-corrected chi connectivity index (χ4v) is 9.57. The van der Waals surface area contributed by atoms with Crippen LogP contribution in [0.2, 0.25) is 0 Å². The van der Waals surface area contributed by atoms with Gasteiger partial charge in [0.2, 0.25) is 5.91 Å². The Morgan fingerprint density at radius 3 is 2.12 bits per heavy atom. The maximum atomic E-state index is 14.7. The number of hydrogen-bond donors (Lipinski definition) is 5. The standard InChI is InChI=1S/C43H79N3O14/c1-16-31-43(11,55-19-17-18-44-29(8)47)36(49)25(4)33(45-52)23(2)21-42(10,54-15)38(60-40-34(48)30(46(12)13)20-24(3)56-40)26(5)35(27(6)39(51)58-31)59-32-22-41(9,53-14)37(50)28(7)57-32/h23-28,30-32,34-38,40,48-50,52H,16-22H2,1-15H3,(H,44,47)/b45-33+/t23-,24-,25+,26+,27-,28+,30+,31-,32+,34-,35+,36-,37+,38-,40+,41-,42-,43-/m1/s1. The predicted molar refractivity (Wildman–Crippen MR) is 222 cm³/mol. The molecule has 5 N–H and O–H groups in total. The number of hydrogen-bond acceptors (Lipinski definition) is 16. The minimum atomic E-state index is -1.51. The number of cyclic esters (lactones) is 1. The molecule has 3 rings (SSSR count). The molecule has 0 saturated carbocycles. The van der Waals surface area contributed by atoms with Crippen LogP contribution in [0.3, 0.4) is 0 Å². The van der Waals surface area contributed by atoms with Crippen molar-refractivity contribution in [1.82, 2.24) is 10.2 Å². The van der Waals surface area contributed by atoms with Crippen LogP contribution in [0.1, 0.15) is 108 Å². The van der Waals surface area contributed by atoms with E-state index in [4.69, 9.17) is 37.9 Å². The molecule has 0 aliphatic carbocycles. The second kappa shape index (κ2) is 22.0.